The predicted molar refractivity (Wildman–Crippen MR) is 266 cm³/mol. The van der Waals surface area contributed by atoms with E-state index in [1.807, 2.05) is 84.9 Å². The Morgan fingerprint density at radius 3 is 0.879 bits per heavy atom. The monoisotopic (exact) mass is 850 g/mol. The second-order valence-corrected chi connectivity index (χ2v) is 15.9. The third-order valence-electron chi connectivity index (χ3n) is 11.7. The predicted octanol–water partition coefficient (Wildman–Crippen LogP) is 15.5. The Kier molecular flexibility index (Phi) is 9.65. The second kappa shape index (κ2) is 16.5. The summed E-state index contributed by atoms with van der Waals surface area (Å²) in [7, 11) is 0. The lowest BCUT2D eigenvalue weighted by atomic mass is 10.0. The number of anilines is 6. The van der Waals surface area contributed by atoms with Crippen molar-refractivity contribution in [1.29, 1.82) is 0 Å². The second-order valence-electron chi connectivity index (χ2n) is 15.9. The molecule has 0 amide bonds. The van der Waals surface area contributed by atoms with Crippen molar-refractivity contribution in [1.82, 2.24) is 19.9 Å². The maximum Gasteiger partial charge on any atom is 0.227 e. The van der Waals surface area contributed by atoms with E-state index in [-0.39, 0.29) is 0 Å². The van der Waals surface area contributed by atoms with E-state index in [4.69, 9.17) is 28.8 Å². The Balaban J connectivity index is 0.882. The Labute approximate surface area is 380 Å². The van der Waals surface area contributed by atoms with E-state index >= 15 is 0 Å². The van der Waals surface area contributed by atoms with Crippen molar-refractivity contribution < 1.29 is 8.83 Å². The van der Waals surface area contributed by atoms with Gasteiger partial charge >= 0.3 is 0 Å². The average molecular weight is 851 g/mol. The molecule has 0 atom stereocenters. The van der Waals surface area contributed by atoms with Crippen molar-refractivity contribution in [3.8, 4) is 45.4 Å². The summed E-state index contributed by atoms with van der Waals surface area (Å²) < 4.78 is 12.2. The molecule has 8 heteroatoms. The van der Waals surface area contributed by atoms with Gasteiger partial charge in [0.05, 0.1) is 22.4 Å². The standard InChI is InChI=1S/C58H38N6O2/c1-3-13-43(14-4-1)63(47-35-27-41(28-36-47)57-61-51-19-9-11-21-53(51)65-57)45-31-23-39(24-32-45)55-56(60-50-18-8-7-17-49(50)59-55)40-25-33-46(34-26-40)64(44-15-5-2-6-16-44)48-37-29-42(30-38-48)58-62-52-20-10-12-22-54(52)66-58/h1-38H. The number of rotatable bonds is 10. The molecule has 0 saturated heterocycles. The lowest BCUT2D eigenvalue weighted by Crippen LogP contribution is -2.10. The molecular formula is C58H38N6O2. The highest BCUT2D eigenvalue weighted by atomic mass is 16.4. The van der Waals surface area contributed by atoms with Gasteiger partial charge in [-0.1, -0.05) is 97.1 Å². The van der Waals surface area contributed by atoms with E-state index in [9.17, 15) is 0 Å². The number of nitrogens with zero attached hydrogens (tertiary/aromatic N) is 6. The van der Waals surface area contributed by atoms with Crippen LogP contribution in [0.3, 0.4) is 0 Å². The molecule has 8 nitrogen and oxygen atoms in total. The van der Waals surface area contributed by atoms with Gasteiger partial charge in [0.15, 0.2) is 11.2 Å². The molecule has 0 N–H and O–H groups in total. The van der Waals surface area contributed by atoms with Crippen LogP contribution in [-0.2, 0) is 0 Å². The SMILES string of the molecule is c1ccc(N(c2ccc(-c3nc4ccccc4o3)cc2)c2ccc(-c3nc4ccccc4nc3-c3ccc(N(c4ccccc4)c4ccc(-c5nc6ccccc6o5)cc4)cc3)cc2)cc1. The number of hydrogen-bond acceptors (Lipinski definition) is 8. The van der Waals surface area contributed by atoms with Crippen LogP contribution in [0.2, 0.25) is 0 Å². The summed E-state index contributed by atoms with van der Waals surface area (Å²) in [4.78, 5) is 24.4. The minimum Gasteiger partial charge on any atom is -0.436 e. The summed E-state index contributed by atoms with van der Waals surface area (Å²) in [6.07, 6.45) is 0. The van der Waals surface area contributed by atoms with Crippen molar-refractivity contribution in [2.24, 2.45) is 0 Å². The van der Waals surface area contributed by atoms with E-state index < -0.39 is 0 Å². The van der Waals surface area contributed by atoms with Crippen LogP contribution < -0.4 is 9.80 Å². The molecule has 0 aliphatic carbocycles. The number of oxazole rings is 2. The first-order chi connectivity index (χ1) is 32.7. The first-order valence-corrected chi connectivity index (χ1v) is 21.8. The zero-order valence-electron chi connectivity index (χ0n) is 35.4. The molecule has 0 saturated carbocycles. The molecule has 0 fully saturated rings. The van der Waals surface area contributed by atoms with Gasteiger partial charge in [-0.3, -0.25) is 0 Å². The lowest BCUT2D eigenvalue weighted by Gasteiger charge is -2.26. The fraction of sp³-hybridized carbons (Fsp3) is 0. The number of para-hydroxylation sites is 8. The number of hydrogen-bond donors (Lipinski definition) is 0. The maximum absolute atomic E-state index is 6.08. The molecule has 3 heterocycles. The Morgan fingerprint density at radius 1 is 0.242 bits per heavy atom. The number of benzene rings is 9. The highest BCUT2D eigenvalue weighted by Gasteiger charge is 2.19. The minimum absolute atomic E-state index is 0.595. The summed E-state index contributed by atoms with van der Waals surface area (Å²) in [5.41, 5.74) is 16.3. The van der Waals surface area contributed by atoms with Crippen molar-refractivity contribution in [2.75, 3.05) is 9.80 Å². The molecule has 0 bridgehead atoms. The van der Waals surface area contributed by atoms with Crippen LogP contribution in [0.15, 0.2) is 239 Å². The van der Waals surface area contributed by atoms with E-state index in [1.165, 1.54) is 0 Å². The maximum atomic E-state index is 6.08. The third-order valence-corrected chi connectivity index (χ3v) is 11.7. The molecule has 9 aromatic carbocycles. The van der Waals surface area contributed by atoms with Crippen molar-refractivity contribution in [3.05, 3.63) is 231 Å². The topological polar surface area (TPSA) is 84.3 Å². The van der Waals surface area contributed by atoms with Crippen LogP contribution in [0.5, 0.6) is 0 Å². The van der Waals surface area contributed by atoms with Gasteiger partial charge in [-0.25, -0.2) is 19.9 Å². The van der Waals surface area contributed by atoms with E-state index in [0.29, 0.717) is 11.8 Å². The summed E-state index contributed by atoms with van der Waals surface area (Å²) in [6.45, 7) is 0. The van der Waals surface area contributed by atoms with Crippen LogP contribution >= 0.6 is 0 Å². The number of fused-ring (bicyclic) bond motifs is 3. The van der Waals surface area contributed by atoms with E-state index in [2.05, 4.69) is 155 Å². The van der Waals surface area contributed by atoms with Crippen LogP contribution in [-0.4, -0.2) is 19.9 Å². The van der Waals surface area contributed by atoms with Gasteiger partial charge in [-0.05, 0) is 133 Å². The first kappa shape index (κ1) is 38.5. The summed E-state index contributed by atoms with van der Waals surface area (Å²) in [5, 5.41) is 0. The molecule has 12 aromatic rings. The summed E-state index contributed by atoms with van der Waals surface area (Å²) in [6, 6.07) is 78.3. The normalized spacial score (nSPS) is 11.3. The van der Waals surface area contributed by atoms with Gasteiger partial charge in [0.1, 0.15) is 11.0 Å². The van der Waals surface area contributed by atoms with Crippen molar-refractivity contribution in [2.45, 2.75) is 0 Å². The molecule has 0 spiro atoms. The van der Waals surface area contributed by atoms with Crippen LogP contribution in [0.25, 0.3) is 78.7 Å². The fourth-order valence-corrected chi connectivity index (χ4v) is 8.49. The van der Waals surface area contributed by atoms with E-state index in [1.54, 1.807) is 0 Å². The molecule has 312 valence electrons. The number of aromatic nitrogens is 4. The van der Waals surface area contributed by atoms with Crippen molar-refractivity contribution in [3.63, 3.8) is 0 Å². The van der Waals surface area contributed by atoms with Gasteiger partial charge < -0.3 is 18.6 Å². The largest absolute Gasteiger partial charge is 0.436 e. The average Bonchev–Trinajstić information content (AvgIpc) is 4.03. The lowest BCUT2D eigenvalue weighted by molar-refractivity contribution is 0.619. The summed E-state index contributed by atoms with van der Waals surface area (Å²) >= 11 is 0. The molecule has 3 aromatic heterocycles. The third kappa shape index (κ3) is 7.28. The van der Waals surface area contributed by atoms with Gasteiger partial charge in [-0.15, -0.1) is 0 Å². The van der Waals surface area contributed by atoms with Gasteiger partial charge in [0.25, 0.3) is 0 Å². The molecule has 0 aliphatic rings. The Morgan fingerprint density at radius 2 is 0.530 bits per heavy atom. The fourth-order valence-electron chi connectivity index (χ4n) is 8.49. The molecule has 0 aliphatic heterocycles. The van der Waals surface area contributed by atoms with E-state index in [0.717, 1.165) is 101 Å². The quantitative estimate of drug-likeness (QED) is 0.135. The molecule has 0 radical (unpaired) electrons. The highest BCUT2D eigenvalue weighted by Crippen LogP contribution is 2.40. The van der Waals surface area contributed by atoms with Crippen LogP contribution in [0.4, 0.5) is 34.1 Å². The molecular weight excluding hydrogens is 813 g/mol. The Hall–Kier alpha value is -9.14. The first-order valence-electron chi connectivity index (χ1n) is 21.8. The van der Waals surface area contributed by atoms with Crippen LogP contribution in [0, 0.1) is 0 Å². The smallest absolute Gasteiger partial charge is 0.227 e. The highest BCUT2D eigenvalue weighted by molar-refractivity contribution is 5.89. The van der Waals surface area contributed by atoms with Crippen molar-refractivity contribution >= 4 is 67.4 Å². The van der Waals surface area contributed by atoms with Gasteiger partial charge in [0.2, 0.25) is 11.8 Å². The summed E-state index contributed by atoms with van der Waals surface area (Å²) in [5.74, 6) is 1.19. The zero-order valence-corrected chi connectivity index (χ0v) is 35.4. The van der Waals surface area contributed by atoms with Gasteiger partial charge in [0, 0.05) is 56.4 Å². The molecule has 12 rings (SSSR count). The van der Waals surface area contributed by atoms with Crippen LogP contribution in [0.1, 0.15) is 0 Å². The molecule has 66 heavy (non-hydrogen) atoms. The van der Waals surface area contributed by atoms with Gasteiger partial charge in [-0.2, -0.15) is 0 Å². The Bertz CT molecular complexity index is 3320. The molecule has 0 unspecified atom stereocenters. The zero-order chi connectivity index (χ0) is 43.8. The minimum atomic E-state index is 0.595.